The molecule has 3 aromatic rings. The van der Waals surface area contributed by atoms with Crippen LogP contribution in [-0.4, -0.2) is 0 Å². The summed E-state index contributed by atoms with van der Waals surface area (Å²) in [5, 5.41) is 2.70. The Balaban J connectivity index is 2.03. The summed E-state index contributed by atoms with van der Waals surface area (Å²) in [5.74, 6) is 0.630. The predicted octanol–water partition coefficient (Wildman–Crippen LogP) is 7.49. The maximum Gasteiger partial charge on any atom is -0.00242 e. The SMILES string of the molecule is CC1=CC(C)CC=C1c1c(C)ccc2cccc(-c3ccc(C)cc3)c12. The summed E-state index contributed by atoms with van der Waals surface area (Å²) in [4.78, 5) is 0. The van der Waals surface area contributed by atoms with Crippen molar-refractivity contribution in [1.29, 1.82) is 0 Å². The van der Waals surface area contributed by atoms with E-state index in [0.29, 0.717) is 5.92 Å². The van der Waals surface area contributed by atoms with Crippen LogP contribution < -0.4 is 0 Å². The van der Waals surface area contributed by atoms with Crippen LogP contribution in [0.5, 0.6) is 0 Å². The molecule has 1 atom stereocenters. The minimum absolute atomic E-state index is 0.630. The van der Waals surface area contributed by atoms with Crippen molar-refractivity contribution in [3.05, 3.63) is 89.0 Å². The van der Waals surface area contributed by atoms with Gasteiger partial charge in [-0.2, -0.15) is 0 Å². The van der Waals surface area contributed by atoms with Gasteiger partial charge in [0.05, 0.1) is 0 Å². The number of allylic oxidation sites excluding steroid dienone is 4. The van der Waals surface area contributed by atoms with Gasteiger partial charge in [-0.25, -0.2) is 0 Å². The van der Waals surface area contributed by atoms with Crippen LogP contribution in [0.2, 0.25) is 0 Å². The third-order valence-corrected chi connectivity index (χ3v) is 5.54. The standard InChI is InChI=1S/C26H26/c1-17-8-12-21(13-9-17)24-7-5-6-22-14-11-19(3)25(26(22)24)23-15-10-18(2)16-20(23)4/h5-9,11-16,18H,10H2,1-4H3. The maximum absolute atomic E-state index is 2.44. The summed E-state index contributed by atoms with van der Waals surface area (Å²) in [7, 11) is 0. The van der Waals surface area contributed by atoms with E-state index in [1.807, 2.05) is 0 Å². The molecule has 0 amide bonds. The molecule has 1 unspecified atom stereocenters. The fourth-order valence-electron chi connectivity index (χ4n) is 4.15. The van der Waals surface area contributed by atoms with Gasteiger partial charge in [0.15, 0.2) is 0 Å². The first-order valence-electron chi connectivity index (χ1n) is 9.53. The minimum Gasteiger partial charge on any atom is -0.0778 e. The van der Waals surface area contributed by atoms with E-state index in [4.69, 9.17) is 0 Å². The highest BCUT2D eigenvalue weighted by atomic mass is 14.2. The van der Waals surface area contributed by atoms with Gasteiger partial charge in [0.1, 0.15) is 0 Å². The summed E-state index contributed by atoms with van der Waals surface area (Å²) in [6.07, 6.45) is 5.98. The molecule has 26 heavy (non-hydrogen) atoms. The topological polar surface area (TPSA) is 0 Å². The lowest BCUT2D eigenvalue weighted by Gasteiger charge is -2.22. The van der Waals surface area contributed by atoms with Crippen molar-refractivity contribution in [2.75, 3.05) is 0 Å². The molecule has 0 saturated heterocycles. The Labute approximate surface area is 156 Å². The van der Waals surface area contributed by atoms with Crippen molar-refractivity contribution < 1.29 is 0 Å². The van der Waals surface area contributed by atoms with Gasteiger partial charge < -0.3 is 0 Å². The van der Waals surface area contributed by atoms with Gasteiger partial charge in [0, 0.05) is 0 Å². The molecule has 1 aliphatic rings. The van der Waals surface area contributed by atoms with Gasteiger partial charge >= 0.3 is 0 Å². The predicted molar refractivity (Wildman–Crippen MR) is 114 cm³/mol. The monoisotopic (exact) mass is 338 g/mol. The summed E-state index contributed by atoms with van der Waals surface area (Å²) in [6, 6.07) is 20.1. The van der Waals surface area contributed by atoms with E-state index >= 15 is 0 Å². The van der Waals surface area contributed by atoms with Gasteiger partial charge in [0.25, 0.3) is 0 Å². The molecule has 0 fully saturated rings. The molecule has 130 valence electrons. The Hall–Kier alpha value is -2.60. The average molecular weight is 338 g/mol. The minimum atomic E-state index is 0.630. The van der Waals surface area contributed by atoms with Crippen LogP contribution >= 0.6 is 0 Å². The Morgan fingerprint density at radius 3 is 2.35 bits per heavy atom. The Bertz CT molecular complexity index is 1030. The van der Waals surface area contributed by atoms with Crippen molar-refractivity contribution >= 4 is 16.3 Å². The van der Waals surface area contributed by atoms with Gasteiger partial charge in [-0.15, -0.1) is 0 Å². The van der Waals surface area contributed by atoms with Crippen molar-refractivity contribution in [3.8, 4) is 11.1 Å². The quantitative estimate of drug-likeness (QED) is 0.454. The number of hydrogen-bond donors (Lipinski definition) is 0. The van der Waals surface area contributed by atoms with E-state index in [2.05, 4.69) is 94.4 Å². The highest BCUT2D eigenvalue weighted by molar-refractivity contribution is 6.06. The molecule has 0 nitrogen and oxygen atoms in total. The third kappa shape index (κ3) is 2.90. The number of aryl methyl sites for hydroxylation is 2. The molecule has 0 aromatic heterocycles. The normalized spacial score (nSPS) is 17.2. The molecule has 0 saturated carbocycles. The lowest BCUT2D eigenvalue weighted by atomic mass is 9.82. The van der Waals surface area contributed by atoms with E-state index < -0.39 is 0 Å². The van der Waals surface area contributed by atoms with E-state index in [9.17, 15) is 0 Å². The summed E-state index contributed by atoms with van der Waals surface area (Å²) < 4.78 is 0. The van der Waals surface area contributed by atoms with Crippen LogP contribution in [0.25, 0.3) is 27.5 Å². The molecule has 0 heteroatoms. The average Bonchev–Trinajstić information content (AvgIpc) is 2.63. The fraction of sp³-hybridized carbons (Fsp3) is 0.231. The number of hydrogen-bond acceptors (Lipinski definition) is 0. The van der Waals surface area contributed by atoms with Crippen molar-refractivity contribution in [3.63, 3.8) is 0 Å². The highest BCUT2D eigenvalue weighted by Crippen LogP contribution is 2.40. The third-order valence-electron chi connectivity index (χ3n) is 5.54. The Kier molecular flexibility index (Phi) is 4.28. The zero-order chi connectivity index (χ0) is 18.3. The summed E-state index contributed by atoms with van der Waals surface area (Å²) in [6.45, 7) is 8.94. The van der Waals surface area contributed by atoms with E-state index in [1.165, 1.54) is 49.7 Å². The van der Waals surface area contributed by atoms with E-state index in [0.717, 1.165) is 6.42 Å². The zero-order valence-corrected chi connectivity index (χ0v) is 16.1. The van der Waals surface area contributed by atoms with Crippen LogP contribution in [-0.2, 0) is 0 Å². The number of benzene rings is 3. The van der Waals surface area contributed by atoms with Gasteiger partial charge in [-0.3, -0.25) is 0 Å². The van der Waals surface area contributed by atoms with Gasteiger partial charge in [-0.1, -0.05) is 79.2 Å². The molecule has 0 spiro atoms. The van der Waals surface area contributed by atoms with Crippen LogP contribution in [0.1, 0.15) is 37.0 Å². The fourth-order valence-corrected chi connectivity index (χ4v) is 4.15. The highest BCUT2D eigenvalue weighted by Gasteiger charge is 2.18. The molecule has 0 N–H and O–H groups in total. The lowest BCUT2D eigenvalue weighted by molar-refractivity contribution is 0.732. The molecular weight excluding hydrogens is 312 g/mol. The van der Waals surface area contributed by atoms with Crippen LogP contribution in [0.15, 0.2) is 72.3 Å². The second-order valence-corrected chi connectivity index (χ2v) is 7.71. The van der Waals surface area contributed by atoms with Crippen LogP contribution in [0.3, 0.4) is 0 Å². The van der Waals surface area contributed by atoms with Crippen molar-refractivity contribution in [2.45, 2.75) is 34.1 Å². The first kappa shape index (κ1) is 16.8. The first-order chi connectivity index (χ1) is 12.5. The molecular formula is C26H26. The molecule has 4 rings (SSSR count). The summed E-state index contributed by atoms with van der Waals surface area (Å²) in [5.41, 5.74) is 9.48. The van der Waals surface area contributed by atoms with Crippen LogP contribution in [0, 0.1) is 19.8 Å². The largest absolute Gasteiger partial charge is 0.0778 e. The van der Waals surface area contributed by atoms with Crippen molar-refractivity contribution in [2.24, 2.45) is 5.92 Å². The number of fused-ring (bicyclic) bond motifs is 1. The molecule has 3 aromatic carbocycles. The van der Waals surface area contributed by atoms with Gasteiger partial charge in [0.2, 0.25) is 0 Å². The first-order valence-corrected chi connectivity index (χ1v) is 9.53. The van der Waals surface area contributed by atoms with E-state index in [-0.39, 0.29) is 0 Å². The second-order valence-electron chi connectivity index (χ2n) is 7.71. The molecule has 0 bridgehead atoms. The Morgan fingerprint density at radius 1 is 0.846 bits per heavy atom. The molecule has 0 heterocycles. The molecule has 0 aliphatic heterocycles. The summed E-state index contributed by atoms with van der Waals surface area (Å²) >= 11 is 0. The van der Waals surface area contributed by atoms with E-state index in [1.54, 1.807) is 0 Å². The maximum atomic E-state index is 2.44. The lowest BCUT2D eigenvalue weighted by Crippen LogP contribution is -2.02. The van der Waals surface area contributed by atoms with Crippen LogP contribution in [0.4, 0.5) is 0 Å². The second kappa shape index (κ2) is 6.61. The van der Waals surface area contributed by atoms with Gasteiger partial charge in [-0.05, 0) is 77.3 Å². The van der Waals surface area contributed by atoms with Crippen molar-refractivity contribution in [1.82, 2.24) is 0 Å². The molecule has 0 radical (unpaired) electrons. The molecule has 1 aliphatic carbocycles. The number of rotatable bonds is 2. The zero-order valence-electron chi connectivity index (χ0n) is 16.1. The Morgan fingerprint density at radius 2 is 1.62 bits per heavy atom. The smallest absolute Gasteiger partial charge is 0.00242 e.